The molecular weight excluding hydrogens is 333 g/mol. The second-order valence-corrected chi connectivity index (χ2v) is 6.69. The van der Waals surface area contributed by atoms with Gasteiger partial charge in [0.05, 0.1) is 22.1 Å². The van der Waals surface area contributed by atoms with E-state index in [1.54, 1.807) is 6.07 Å². The van der Waals surface area contributed by atoms with E-state index in [2.05, 4.69) is 9.97 Å². The van der Waals surface area contributed by atoms with Gasteiger partial charge in [0.15, 0.2) is 0 Å². The number of nitrogens with zero attached hydrogens (tertiary/aromatic N) is 2. The molecule has 0 saturated carbocycles. The molecule has 3 rings (SSSR count). The first-order valence-corrected chi connectivity index (χ1v) is 8.56. The van der Waals surface area contributed by atoms with Gasteiger partial charge in [-0.3, -0.25) is 4.21 Å². The number of hydrogen-bond donors (Lipinski definition) is 0. The molecule has 3 nitrogen and oxygen atoms in total. The maximum Gasteiger partial charge on any atom is 0.416 e. The lowest BCUT2D eigenvalue weighted by molar-refractivity contribution is -0.137. The van der Waals surface area contributed by atoms with Gasteiger partial charge in [0.1, 0.15) is 4.83 Å². The Hall–Kier alpha value is -1.80. The Morgan fingerprint density at radius 3 is 2.36 bits per heavy atom. The summed E-state index contributed by atoms with van der Waals surface area (Å²) in [4.78, 5) is 9.12. The first-order chi connectivity index (χ1) is 10.4. The van der Waals surface area contributed by atoms with Gasteiger partial charge < -0.3 is 0 Å². The Bertz CT molecular complexity index is 857. The Morgan fingerprint density at radius 2 is 1.77 bits per heavy atom. The highest BCUT2D eigenvalue weighted by molar-refractivity contribution is 7.84. The zero-order valence-electron chi connectivity index (χ0n) is 11.2. The van der Waals surface area contributed by atoms with Gasteiger partial charge in [-0.05, 0) is 23.6 Å². The molecule has 0 aliphatic heterocycles. The molecule has 2 aromatic heterocycles. The predicted octanol–water partition coefficient (Wildman–Crippen LogP) is 4.11. The number of hydrogen-bond acceptors (Lipinski definition) is 4. The summed E-state index contributed by atoms with van der Waals surface area (Å²) in [5.41, 5.74) is 0.307. The SMILES string of the molecule is CS(=O)c1nc(-c2ccc(C(F)(F)F)cc2)c2ccsc2n1. The first kappa shape index (κ1) is 15.1. The third kappa shape index (κ3) is 2.76. The highest BCUT2D eigenvalue weighted by Crippen LogP contribution is 2.33. The van der Waals surface area contributed by atoms with E-state index in [1.807, 2.05) is 5.38 Å². The second-order valence-electron chi connectivity index (χ2n) is 4.52. The van der Waals surface area contributed by atoms with Crippen molar-refractivity contribution in [2.45, 2.75) is 11.3 Å². The van der Waals surface area contributed by atoms with Crippen LogP contribution < -0.4 is 0 Å². The molecular formula is C14H9F3N2OS2. The van der Waals surface area contributed by atoms with Crippen molar-refractivity contribution >= 4 is 32.4 Å². The van der Waals surface area contributed by atoms with Crippen molar-refractivity contribution in [1.29, 1.82) is 0 Å². The minimum atomic E-state index is -4.38. The van der Waals surface area contributed by atoms with Crippen LogP contribution in [-0.2, 0) is 17.0 Å². The summed E-state index contributed by atoms with van der Waals surface area (Å²) < 4.78 is 49.5. The van der Waals surface area contributed by atoms with E-state index in [1.165, 1.54) is 29.7 Å². The summed E-state index contributed by atoms with van der Waals surface area (Å²) in [6, 6.07) is 6.56. The number of rotatable bonds is 2. The van der Waals surface area contributed by atoms with Crippen molar-refractivity contribution in [1.82, 2.24) is 9.97 Å². The van der Waals surface area contributed by atoms with Crippen molar-refractivity contribution in [2.75, 3.05) is 6.26 Å². The lowest BCUT2D eigenvalue weighted by Gasteiger charge is -2.08. The maximum atomic E-state index is 12.6. The Balaban J connectivity index is 2.17. The topological polar surface area (TPSA) is 42.9 Å². The fraction of sp³-hybridized carbons (Fsp3) is 0.143. The Morgan fingerprint density at radius 1 is 1.09 bits per heavy atom. The summed E-state index contributed by atoms with van der Waals surface area (Å²) in [5, 5.41) is 2.72. The highest BCUT2D eigenvalue weighted by atomic mass is 32.2. The quantitative estimate of drug-likeness (QED) is 0.658. The highest BCUT2D eigenvalue weighted by Gasteiger charge is 2.30. The average molecular weight is 342 g/mol. The standard InChI is InChI=1S/C14H9F3N2OS2/c1-22(20)13-18-11(10-6-7-21-12(10)19-13)8-2-4-9(5-3-8)14(15,16)17/h2-7H,1H3. The predicted molar refractivity (Wildman–Crippen MR) is 80.2 cm³/mol. The maximum absolute atomic E-state index is 12.6. The molecule has 8 heteroatoms. The molecule has 2 heterocycles. The average Bonchev–Trinajstić information content (AvgIpc) is 2.93. The van der Waals surface area contributed by atoms with Crippen LogP contribution in [0.2, 0.25) is 0 Å². The zero-order valence-corrected chi connectivity index (χ0v) is 12.9. The van der Waals surface area contributed by atoms with E-state index >= 15 is 0 Å². The lowest BCUT2D eigenvalue weighted by atomic mass is 10.1. The fourth-order valence-electron chi connectivity index (χ4n) is 2.00. The summed E-state index contributed by atoms with van der Waals surface area (Å²) >= 11 is 1.37. The molecule has 3 aromatic rings. The van der Waals surface area contributed by atoms with Gasteiger partial charge in [-0.1, -0.05) is 12.1 Å². The molecule has 1 unspecified atom stereocenters. The van der Waals surface area contributed by atoms with Gasteiger partial charge in [-0.15, -0.1) is 11.3 Å². The molecule has 0 spiro atoms. The van der Waals surface area contributed by atoms with E-state index in [4.69, 9.17) is 0 Å². The monoisotopic (exact) mass is 342 g/mol. The van der Waals surface area contributed by atoms with Crippen LogP contribution in [0.1, 0.15) is 5.56 Å². The normalized spacial score (nSPS) is 13.5. The largest absolute Gasteiger partial charge is 0.416 e. The van der Waals surface area contributed by atoms with Crippen LogP contribution in [0.5, 0.6) is 0 Å². The van der Waals surface area contributed by atoms with Gasteiger partial charge in [-0.2, -0.15) is 13.2 Å². The first-order valence-electron chi connectivity index (χ1n) is 6.12. The van der Waals surface area contributed by atoms with E-state index in [-0.39, 0.29) is 5.16 Å². The molecule has 0 N–H and O–H groups in total. The van der Waals surface area contributed by atoms with E-state index in [0.717, 1.165) is 17.5 Å². The van der Waals surface area contributed by atoms with Gasteiger partial charge in [0, 0.05) is 17.2 Å². The minimum absolute atomic E-state index is 0.171. The van der Waals surface area contributed by atoms with Crippen molar-refractivity contribution in [3.05, 3.63) is 41.3 Å². The molecule has 0 bridgehead atoms. The van der Waals surface area contributed by atoms with Crippen LogP contribution in [0.3, 0.4) is 0 Å². The van der Waals surface area contributed by atoms with Crippen LogP contribution in [0.15, 0.2) is 40.9 Å². The van der Waals surface area contributed by atoms with Crippen molar-refractivity contribution in [3.63, 3.8) is 0 Å². The summed E-state index contributed by atoms with van der Waals surface area (Å²) in [7, 11) is -1.37. The Kier molecular flexibility index (Phi) is 3.73. The number of thiophene rings is 1. The molecule has 0 amide bonds. The van der Waals surface area contributed by atoms with E-state index < -0.39 is 22.5 Å². The Labute approximate surface area is 130 Å². The van der Waals surface area contributed by atoms with E-state index in [9.17, 15) is 17.4 Å². The van der Waals surface area contributed by atoms with Gasteiger partial charge in [0.25, 0.3) is 0 Å². The smallest absolute Gasteiger partial charge is 0.251 e. The summed E-state index contributed by atoms with van der Waals surface area (Å²) in [6.45, 7) is 0. The molecule has 114 valence electrons. The number of fused-ring (bicyclic) bond motifs is 1. The third-order valence-corrected chi connectivity index (χ3v) is 4.55. The molecule has 1 atom stereocenters. The van der Waals surface area contributed by atoms with Crippen LogP contribution in [0.4, 0.5) is 13.2 Å². The van der Waals surface area contributed by atoms with Crippen LogP contribution in [0.25, 0.3) is 21.5 Å². The molecule has 0 aliphatic carbocycles. The van der Waals surface area contributed by atoms with Crippen LogP contribution in [-0.4, -0.2) is 20.4 Å². The molecule has 0 radical (unpaired) electrons. The third-order valence-electron chi connectivity index (χ3n) is 3.05. The molecule has 0 fully saturated rings. The van der Waals surface area contributed by atoms with Crippen molar-refractivity contribution in [2.24, 2.45) is 0 Å². The number of alkyl halides is 3. The number of aromatic nitrogens is 2. The van der Waals surface area contributed by atoms with E-state index in [0.29, 0.717) is 16.1 Å². The van der Waals surface area contributed by atoms with Crippen molar-refractivity contribution in [3.8, 4) is 11.3 Å². The summed E-state index contributed by atoms with van der Waals surface area (Å²) in [6.07, 6.45) is -2.91. The van der Waals surface area contributed by atoms with Gasteiger partial charge >= 0.3 is 6.18 Å². The van der Waals surface area contributed by atoms with Gasteiger partial charge in [-0.25, -0.2) is 9.97 Å². The van der Waals surface area contributed by atoms with Crippen LogP contribution >= 0.6 is 11.3 Å². The molecule has 0 aliphatic rings. The molecule has 1 aromatic carbocycles. The van der Waals surface area contributed by atoms with Crippen molar-refractivity contribution < 1.29 is 17.4 Å². The lowest BCUT2D eigenvalue weighted by Crippen LogP contribution is -2.04. The molecule has 22 heavy (non-hydrogen) atoms. The number of benzene rings is 1. The zero-order chi connectivity index (χ0) is 15.9. The van der Waals surface area contributed by atoms with Crippen LogP contribution in [0, 0.1) is 0 Å². The minimum Gasteiger partial charge on any atom is -0.251 e. The number of halogens is 3. The second kappa shape index (κ2) is 5.44. The molecule has 0 saturated heterocycles. The van der Waals surface area contributed by atoms with Gasteiger partial charge in [0.2, 0.25) is 5.16 Å². The summed E-state index contributed by atoms with van der Waals surface area (Å²) in [5.74, 6) is 0. The fourth-order valence-corrected chi connectivity index (χ4v) is 3.26.